The van der Waals surface area contributed by atoms with Gasteiger partial charge in [-0.3, -0.25) is 0 Å². The van der Waals surface area contributed by atoms with E-state index >= 15 is 0 Å². The summed E-state index contributed by atoms with van der Waals surface area (Å²) >= 11 is 3.61. The fourth-order valence-electron chi connectivity index (χ4n) is 3.95. The van der Waals surface area contributed by atoms with Crippen LogP contribution in [0.15, 0.2) is 40.9 Å². The maximum Gasteiger partial charge on any atom is 0.124 e. The van der Waals surface area contributed by atoms with Gasteiger partial charge in [0.2, 0.25) is 0 Å². The van der Waals surface area contributed by atoms with Gasteiger partial charge in [0, 0.05) is 33.8 Å². The van der Waals surface area contributed by atoms with Crippen LogP contribution in [0.1, 0.15) is 42.2 Å². The number of benzene rings is 2. The zero-order valence-electron chi connectivity index (χ0n) is 14.0. The van der Waals surface area contributed by atoms with Crippen LogP contribution in [0.5, 0.6) is 5.75 Å². The number of hydrogen-bond donors (Lipinski definition) is 1. The highest BCUT2D eigenvalue weighted by Gasteiger charge is 2.42. The molecule has 0 spiro atoms. The lowest BCUT2D eigenvalue weighted by molar-refractivity contribution is 0.0826. The van der Waals surface area contributed by atoms with E-state index < -0.39 is 0 Å². The fraction of sp³-hybridized carbons (Fsp3) is 0.400. The van der Waals surface area contributed by atoms with Crippen molar-refractivity contribution >= 4 is 21.6 Å². The first kappa shape index (κ1) is 16.0. The maximum atomic E-state index is 6.13. The summed E-state index contributed by atoms with van der Waals surface area (Å²) in [7, 11) is 0. The van der Waals surface area contributed by atoms with Crippen molar-refractivity contribution in [2.75, 3.05) is 18.5 Å². The second-order valence-corrected chi connectivity index (χ2v) is 7.49. The van der Waals surface area contributed by atoms with E-state index in [-0.39, 0.29) is 12.1 Å². The Morgan fingerprint density at radius 3 is 2.92 bits per heavy atom. The minimum atomic E-state index is 0.166. The molecule has 2 heterocycles. The third kappa shape index (κ3) is 2.72. The lowest BCUT2D eigenvalue weighted by Gasteiger charge is -2.37. The summed E-state index contributed by atoms with van der Waals surface area (Å²) in [5, 5.41) is 3.76. The number of halogens is 1. The molecule has 4 rings (SSSR count). The van der Waals surface area contributed by atoms with Crippen molar-refractivity contribution in [3.8, 4) is 5.75 Å². The van der Waals surface area contributed by atoms with Crippen molar-refractivity contribution in [1.82, 2.24) is 0 Å². The highest BCUT2D eigenvalue weighted by atomic mass is 79.9. The summed E-state index contributed by atoms with van der Waals surface area (Å²) in [5.74, 6) is 1.38. The lowest BCUT2D eigenvalue weighted by Crippen LogP contribution is -2.29. The van der Waals surface area contributed by atoms with Crippen LogP contribution in [0.25, 0.3) is 0 Å². The van der Waals surface area contributed by atoms with Crippen LogP contribution in [0.4, 0.5) is 5.69 Å². The highest BCUT2D eigenvalue weighted by Crippen LogP contribution is 2.51. The second kappa shape index (κ2) is 6.41. The van der Waals surface area contributed by atoms with Crippen molar-refractivity contribution in [2.45, 2.75) is 32.4 Å². The molecule has 2 aromatic rings. The quantitative estimate of drug-likeness (QED) is 0.764. The van der Waals surface area contributed by atoms with Crippen molar-refractivity contribution < 1.29 is 9.47 Å². The number of rotatable bonds is 3. The van der Waals surface area contributed by atoms with Gasteiger partial charge in [-0.15, -0.1) is 0 Å². The molecule has 0 amide bonds. The predicted molar refractivity (Wildman–Crippen MR) is 99.7 cm³/mol. The Kier molecular flexibility index (Phi) is 4.27. The first-order valence-corrected chi connectivity index (χ1v) is 9.37. The Morgan fingerprint density at radius 2 is 2.08 bits per heavy atom. The molecule has 2 aromatic carbocycles. The van der Waals surface area contributed by atoms with Crippen LogP contribution in [-0.4, -0.2) is 13.2 Å². The van der Waals surface area contributed by atoms with E-state index in [2.05, 4.69) is 58.5 Å². The Morgan fingerprint density at radius 1 is 1.21 bits per heavy atom. The predicted octanol–water partition coefficient (Wildman–Crippen LogP) is 5.40. The van der Waals surface area contributed by atoms with Gasteiger partial charge in [0.15, 0.2) is 0 Å². The van der Waals surface area contributed by atoms with Gasteiger partial charge in [0.25, 0.3) is 0 Å². The molecule has 1 saturated heterocycles. The molecule has 1 N–H and O–H groups in total. The summed E-state index contributed by atoms with van der Waals surface area (Å²) < 4.78 is 13.1. The molecule has 0 radical (unpaired) electrons. The third-order valence-electron chi connectivity index (χ3n) is 5.00. The normalized spacial score (nSPS) is 24.9. The molecule has 1 fully saturated rings. The van der Waals surface area contributed by atoms with E-state index in [1.165, 1.54) is 22.4 Å². The molecule has 24 heavy (non-hydrogen) atoms. The topological polar surface area (TPSA) is 30.5 Å². The standard InChI is InChI=1S/C20H22BrNO2/c1-3-23-18-7-5-13(21)11-16(18)19-14-8-9-24-20(14)15-10-12(2)4-6-17(15)22-19/h4-7,10-11,14,19-20,22H,3,8-9H2,1-2H3/t14-,19?,20-/m0/s1. The van der Waals surface area contributed by atoms with Crippen LogP contribution in [0, 0.1) is 12.8 Å². The molecular weight excluding hydrogens is 366 g/mol. The molecule has 0 aliphatic carbocycles. The van der Waals surface area contributed by atoms with Gasteiger partial charge in [-0.2, -0.15) is 0 Å². The summed E-state index contributed by atoms with van der Waals surface area (Å²) in [4.78, 5) is 0. The van der Waals surface area contributed by atoms with Gasteiger partial charge < -0.3 is 14.8 Å². The molecule has 4 heteroatoms. The van der Waals surface area contributed by atoms with Crippen molar-refractivity contribution in [3.63, 3.8) is 0 Å². The number of ether oxygens (including phenoxy) is 2. The van der Waals surface area contributed by atoms with Crippen LogP contribution in [0.2, 0.25) is 0 Å². The molecule has 2 aliphatic rings. The molecule has 0 bridgehead atoms. The number of aryl methyl sites for hydroxylation is 1. The molecule has 1 unspecified atom stereocenters. The minimum absolute atomic E-state index is 0.166. The number of fused-ring (bicyclic) bond motifs is 3. The average molecular weight is 388 g/mol. The van der Waals surface area contributed by atoms with Crippen molar-refractivity contribution in [2.24, 2.45) is 5.92 Å². The van der Waals surface area contributed by atoms with Crippen molar-refractivity contribution in [1.29, 1.82) is 0 Å². The Labute approximate surface area is 151 Å². The van der Waals surface area contributed by atoms with E-state index in [0.29, 0.717) is 12.5 Å². The number of anilines is 1. The number of hydrogen-bond acceptors (Lipinski definition) is 3. The zero-order chi connectivity index (χ0) is 16.7. The largest absolute Gasteiger partial charge is 0.494 e. The lowest BCUT2D eigenvalue weighted by atomic mass is 9.80. The Hall–Kier alpha value is -1.52. The highest BCUT2D eigenvalue weighted by molar-refractivity contribution is 9.10. The molecule has 0 aromatic heterocycles. The molecule has 0 saturated carbocycles. The smallest absolute Gasteiger partial charge is 0.124 e. The van der Waals surface area contributed by atoms with Crippen molar-refractivity contribution in [3.05, 3.63) is 57.6 Å². The number of nitrogens with one attached hydrogen (secondary N) is 1. The minimum Gasteiger partial charge on any atom is -0.494 e. The molecular formula is C20H22BrNO2. The first-order chi connectivity index (χ1) is 11.7. The van der Waals surface area contributed by atoms with Gasteiger partial charge in [-0.05, 0) is 44.5 Å². The van der Waals surface area contributed by atoms with Crippen LogP contribution in [0.3, 0.4) is 0 Å². The molecule has 3 atom stereocenters. The van der Waals surface area contributed by atoms with E-state index in [0.717, 1.165) is 23.2 Å². The summed E-state index contributed by atoms with van der Waals surface area (Å²) in [6, 6.07) is 13.1. The Balaban J connectivity index is 1.79. The summed E-state index contributed by atoms with van der Waals surface area (Å²) in [6.07, 6.45) is 1.23. The third-order valence-corrected chi connectivity index (χ3v) is 5.49. The van der Waals surface area contributed by atoms with Gasteiger partial charge in [0.1, 0.15) is 5.75 Å². The van der Waals surface area contributed by atoms with Gasteiger partial charge in [-0.1, -0.05) is 33.6 Å². The van der Waals surface area contributed by atoms with E-state index in [1.807, 2.05) is 13.0 Å². The second-order valence-electron chi connectivity index (χ2n) is 6.57. The van der Waals surface area contributed by atoms with Gasteiger partial charge in [0.05, 0.1) is 18.8 Å². The van der Waals surface area contributed by atoms with Crippen LogP contribution >= 0.6 is 15.9 Å². The van der Waals surface area contributed by atoms with Gasteiger partial charge >= 0.3 is 0 Å². The Bertz CT molecular complexity index is 761. The summed E-state index contributed by atoms with van der Waals surface area (Å²) in [6.45, 7) is 5.65. The average Bonchev–Trinajstić information content (AvgIpc) is 3.06. The fourth-order valence-corrected chi connectivity index (χ4v) is 4.33. The maximum absolute atomic E-state index is 6.13. The van der Waals surface area contributed by atoms with Crippen LogP contribution < -0.4 is 10.1 Å². The van der Waals surface area contributed by atoms with E-state index in [9.17, 15) is 0 Å². The zero-order valence-corrected chi connectivity index (χ0v) is 15.6. The summed E-state index contributed by atoms with van der Waals surface area (Å²) in [5.41, 5.74) is 4.96. The van der Waals surface area contributed by atoms with E-state index in [4.69, 9.17) is 9.47 Å². The van der Waals surface area contributed by atoms with Crippen LogP contribution in [-0.2, 0) is 4.74 Å². The molecule has 3 nitrogen and oxygen atoms in total. The van der Waals surface area contributed by atoms with Gasteiger partial charge in [-0.25, -0.2) is 0 Å². The SMILES string of the molecule is CCOc1ccc(Br)cc1C1Nc2ccc(C)cc2[C@H]2OCC[C@@H]12. The monoisotopic (exact) mass is 387 g/mol. The molecule has 2 aliphatic heterocycles. The molecule has 126 valence electrons. The van der Waals surface area contributed by atoms with E-state index in [1.54, 1.807) is 0 Å². The first-order valence-electron chi connectivity index (χ1n) is 8.58.